The summed E-state index contributed by atoms with van der Waals surface area (Å²) in [5.41, 5.74) is 0. The summed E-state index contributed by atoms with van der Waals surface area (Å²) >= 11 is 0. The molecular formula is C12H17NO4S2. The summed E-state index contributed by atoms with van der Waals surface area (Å²) in [5.74, 6) is -0.361. The second-order valence-electron chi connectivity index (χ2n) is 4.42. The zero-order chi connectivity index (χ0) is 14.8. The molecule has 0 unspecified atom stereocenters. The van der Waals surface area contributed by atoms with Crippen LogP contribution in [0, 0.1) is 11.3 Å². The molecule has 19 heavy (non-hydrogen) atoms. The molecule has 0 bridgehead atoms. The lowest BCUT2D eigenvalue weighted by Crippen LogP contribution is -2.21. The molecule has 0 aliphatic rings. The van der Waals surface area contributed by atoms with Gasteiger partial charge in [-0.3, -0.25) is 5.41 Å². The second-order valence-corrected chi connectivity index (χ2v) is 8.35. The lowest BCUT2D eigenvalue weighted by Gasteiger charge is -2.11. The van der Waals surface area contributed by atoms with Crippen LogP contribution in [0.5, 0.6) is 0 Å². The van der Waals surface area contributed by atoms with Gasteiger partial charge in [0.2, 0.25) is 9.84 Å². The zero-order valence-electron chi connectivity index (χ0n) is 11.0. The Bertz CT molecular complexity index is 673. The van der Waals surface area contributed by atoms with E-state index in [1.54, 1.807) is 6.92 Å². The van der Waals surface area contributed by atoms with Crippen LogP contribution in [0.4, 0.5) is 0 Å². The van der Waals surface area contributed by atoms with E-state index >= 15 is 0 Å². The minimum atomic E-state index is -3.82. The monoisotopic (exact) mass is 303 g/mol. The van der Waals surface area contributed by atoms with Crippen molar-refractivity contribution in [2.45, 2.75) is 30.1 Å². The normalized spacial score (nSPS) is 14.1. The maximum Gasteiger partial charge on any atom is 0.219 e. The third kappa shape index (κ3) is 3.42. The van der Waals surface area contributed by atoms with Crippen LogP contribution in [-0.4, -0.2) is 28.1 Å². The average molecular weight is 303 g/mol. The number of hydrogen-bond donors (Lipinski definition) is 1. The lowest BCUT2D eigenvalue weighted by atomic mass is 10.1. The van der Waals surface area contributed by atoms with Crippen molar-refractivity contribution in [3.05, 3.63) is 24.3 Å². The molecular weight excluding hydrogens is 286 g/mol. The fourth-order valence-electron chi connectivity index (χ4n) is 1.44. The minimum absolute atomic E-state index is 0.0507. The number of sulfone groups is 2. The molecule has 5 nitrogen and oxygen atoms in total. The van der Waals surface area contributed by atoms with Crippen molar-refractivity contribution in [2.24, 2.45) is 5.92 Å². The SMILES string of the molecule is CC[C@@H](C)C(=N)S(=O)(=O)c1ccc(S(C)(=O)=O)cc1. The molecule has 0 amide bonds. The molecule has 0 spiro atoms. The van der Waals surface area contributed by atoms with E-state index in [-0.39, 0.29) is 20.8 Å². The highest BCUT2D eigenvalue weighted by atomic mass is 32.2. The third-order valence-corrected chi connectivity index (χ3v) is 5.91. The predicted molar refractivity (Wildman–Crippen MR) is 73.9 cm³/mol. The second kappa shape index (κ2) is 5.42. The Morgan fingerprint density at radius 2 is 1.53 bits per heavy atom. The summed E-state index contributed by atoms with van der Waals surface area (Å²) in [5, 5.41) is 7.36. The quantitative estimate of drug-likeness (QED) is 0.679. The number of benzene rings is 1. The summed E-state index contributed by atoms with van der Waals surface area (Å²) in [4.78, 5) is 0.00622. The van der Waals surface area contributed by atoms with Gasteiger partial charge in [0.05, 0.1) is 9.79 Å². The zero-order valence-corrected chi connectivity index (χ0v) is 12.7. The van der Waals surface area contributed by atoms with Gasteiger partial charge < -0.3 is 0 Å². The summed E-state index contributed by atoms with van der Waals surface area (Å²) in [7, 11) is -7.18. The van der Waals surface area contributed by atoms with E-state index in [4.69, 9.17) is 5.41 Å². The maximum absolute atomic E-state index is 12.1. The fourth-order valence-corrected chi connectivity index (χ4v) is 3.52. The molecule has 7 heteroatoms. The van der Waals surface area contributed by atoms with Gasteiger partial charge in [-0.2, -0.15) is 0 Å². The highest BCUT2D eigenvalue weighted by Crippen LogP contribution is 2.20. The van der Waals surface area contributed by atoms with Crippen molar-refractivity contribution in [1.82, 2.24) is 0 Å². The standard InChI is InChI=1S/C12H17NO4S2/c1-4-9(2)12(13)19(16,17)11-7-5-10(6-8-11)18(3,14)15/h5-9,13H,4H2,1-3H3/t9-/m1/s1. The molecule has 0 fully saturated rings. The van der Waals surface area contributed by atoms with Crippen LogP contribution in [0.3, 0.4) is 0 Å². The first kappa shape index (κ1) is 15.8. The van der Waals surface area contributed by atoms with Crippen LogP contribution in [-0.2, 0) is 19.7 Å². The van der Waals surface area contributed by atoms with Gasteiger partial charge in [0.1, 0.15) is 5.04 Å². The van der Waals surface area contributed by atoms with Gasteiger partial charge in [-0.25, -0.2) is 16.8 Å². The first-order valence-corrected chi connectivity index (χ1v) is 9.11. The molecule has 0 aromatic heterocycles. The highest BCUT2D eigenvalue weighted by Gasteiger charge is 2.25. The van der Waals surface area contributed by atoms with Gasteiger partial charge in [0, 0.05) is 12.2 Å². The Labute approximate surface area is 114 Å². The van der Waals surface area contributed by atoms with Crippen LogP contribution in [0.15, 0.2) is 34.1 Å². The van der Waals surface area contributed by atoms with Crippen molar-refractivity contribution in [1.29, 1.82) is 5.41 Å². The minimum Gasteiger partial charge on any atom is -0.293 e. The molecule has 1 N–H and O–H groups in total. The van der Waals surface area contributed by atoms with E-state index in [0.29, 0.717) is 6.42 Å². The van der Waals surface area contributed by atoms with Crippen LogP contribution < -0.4 is 0 Å². The van der Waals surface area contributed by atoms with E-state index in [9.17, 15) is 16.8 Å². The van der Waals surface area contributed by atoms with Gasteiger partial charge in [-0.15, -0.1) is 0 Å². The topological polar surface area (TPSA) is 92.1 Å². The number of rotatable bonds is 4. The smallest absolute Gasteiger partial charge is 0.219 e. The van der Waals surface area contributed by atoms with E-state index in [0.717, 1.165) is 6.26 Å². The molecule has 1 atom stereocenters. The third-order valence-electron chi connectivity index (χ3n) is 2.91. The molecule has 0 saturated carbocycles. The van der Waals surface area contributed by atoms with Crippen LogP contribution in [0.2, 0.25) is 0 Å². The first-order chi connectivity index (χ1) is 8.60. The summed E-state index contributed by atoms with van der Waals surface area (Å²) < 4.78 is 46.8. The Kier molecular flexibility index (Phi) is 4.52. The van der Waals surface area contributed by atoms with Crippen molar-refractivity contribution < 1.29 is 16.8 Å². The van der Waals surface area contributed by atoms with Gasteiger partial charge in [0.25, 0.3) is 0 Å². The molecule has 0 aliphatic heterocycles. The first-order valence-electron chi connectivity index (χ1n) is 5.74. The van der Waals surface area contributed by atoms with Crippen molar-refractivity contribution in [3.63, 3.8) is 0 Å². The maximum atomic E-state index is 12.1. The molecule has 1 aromatic carbocycles. The molecule has 106 valence electrons. The largest absolute Gasteiger partial charge is 0.293 e. The van der Waals surface area contributed by atoms with Gasteiger partial charge in [-0.1, -0.05) is 13.8 Å². The van der Waals surface area contributed by atoms with E-state index in [1.807, 2.05) is 6.92 Å². The van der Waals surface area contributed by atoms with Crippen molar-refractivity contribution in [3.8, 4) is 0 Å². The number of hydrogen-bond acceptors (Lipinski definition) is 5. The van der Waals surface area contributed by atoms with Gasteiger partial charge >= 0.3 is 0 Å². The van der Waals surface area contributed by atoms with Crippen molar-refractivity contribution >= 4 is 24.7 Å². The Morgan fingerprint density at radius 3 is 1.89 bits per heavy atom. The van der Waals surface area contributed by atoms with E-state index < -0.39 is 19.7 Å². The summed E-state index contributed by atoms with van der Waals surface area (Å²) in [6, 6.07) is 4.93. The molecule has 0 heterocycles. The fraction of sp³-hybridized carbons (Fsp3) is 0.417. The van der Waals surface area contributed by atoms with Gasteiger partial charge in [-0.05, 0) is 30.7 Å². The molecule has 0 saturated heterocycles. The Morgan fingerprint density at radius 1 is 1.11 bits per heavy atom. The van der Waals surface area contributed by atoms with Gasteiger partial charge in [0.15, 0.2) is 9.84 Å². The molecule has 1 aromatic rings. The van der Waals surface area contributed by atoms with E-state index in [1.165, 1.54) is 24.3 Å². The molecule has 0 radical (unpaired) electrons. The predicted octanol–water partition coefficient (Wildman–Crippen LogP) is 1.89. The summed E-state index contributed by atoms with van der Waals surface area (Å²) in [6.45, 7) is 3.48. The average Bonchev–Trinajstić information content (AvgIpc) is 2.36. The highest BCUT2D eigenvalue weighted by molar-refractivity contribution is 8.06. The van der Waals surface area contributed by atoms with Crippen molar-refractivity contribution in [2.75, 3.05) is 6.26 Å². The molecule has 1 rings (SSSR count). The van der Waals surface area contributed by atoms with Crippen LogP contribution >= 0.6 is 0 Å². The summed E-state index contributed by atoms with van der Waals surface area (Å²) in [6.07, 6.45) is 1.61. The Hall–Kier alpha value is -1.21. The van der Waals surface area contributed by atoms with Crippen LogP contribution in [0.25, 0.3) is 0 Å². The Balaban J connectivity index is 3.22. The van der Waals surface area contributed by atoms with E-state index in [2.05, 4.69) is 0 Å². The lowest BCUT2D eigenvalue weighted by molar-refractivity contribution is 0.598. The molecule has 0 aliphatic carbocycles. The van der Waals surface area contributed by atoms with Crippen LogP contribution in [0.1, 0.15) is 20.3 Å². The number of nitrogens with one attached hydrogen (secondary N) is 1.